The Bertz CT molecular complexity index is 1310. The lowest BCUT2D eigenvalue weighted by Gasteiger charge is -2.14. The number of rotatable bonds is 5. The number of carbonyl (C=O) groups excluding carboxylic acids is 3. The summed E-state index contributed by atoms with van der Waals surface area (Å²) in [5.74, 6) is -2.24. The minimum Gasteiger partial charge on any atom is -0.457 e. The molecule has 160 valence electrons. The molecule has 0 atom stereocenters. The zero-order chi connectivity index (χ0) is 23.0. The summed E-state index contributed by atoms with van der Waals surface area (Å²) < 4.78 is 5.27. The molecule has 32 heavy (non-hydrogen) atoms. The molecule has 0 unspecified atom stereocenters. The third kappa shape index (κ3) is 3.81. The van der Waals surface area contributed by atoms with Crippen molar-refractivity contribution in [3.63, 3.8) is 0 Å². The van der Waals surface area contributed by atoms with Crippen LogP contribution in [0.5, 0.6) is 0 Å². The fourth-order valence-electron chi connectivity index (χ4n) is 3.29. The van der Waals surface area contributed by atoms with Gasteiger partial charge in [-0.05, 0) is 42.0 Å². The average Bonchev–Trinajstić information content (AvgIpc) is 3.04. The quantitative estimate of drug-likeness (QED) is 0.223. The van der Waals surface area contributed by atoms with Gasteiger partial charge < -0.3 is 4.74 Å². The van der Waals surface area contributed by atoms with Crippen molar-refractivity contribution in [1.29, 1.82) is 0 Å². The molecule has 1 heterocycles. The fourth-order valence-corrected chi connectivity index (χ4v) is 3.61. The van der Waals surface area contributed by atoms with E-state index in [1.807, 2.05) is 0 Å². The highest BCUT2D eigenvalue weighted by Crippen LogP contribution is 2.34. The highest BCUT2D eigenvalue weighted by molar-refractivity contribution is 6.42. The summed E-state index contributed by atoms with van der Waals surface area (Å²) in [5.41, 5.74) is -0.00732. The van der Waals surface area contributed by atoms with Crippen molar-refractivity contribution in [3.05, 3.63) is 103 Å². The Kier molecular flexibility index (Phi) is 5.65. The molecular formula is C22H12Cl2N2O6. The van der Waals surface area contributed by atoms with E-state index in [4.69, 9.17) is 27.9 Å². The molecule has 0 saturated carbocycles. The zero-order valence-electron chi connectivity index (χ0n) is 16.1. The highest BCUT2D eigenvalue weighted by atomic mass is 35.5. The number of carbonyl (C=O) groups is 3. The van der Waals surface area contributed by atoms with E-state index >= 15 is 0 Å². The first-order chi connectivity index (χ1) is 15.3. The zero-order valence-corrected chi connectivity index (χ0v) is 17.6. The first-order valence-electron chi connectivity index (χ1n) is 9.15. The number of amides is 2. The Hall–Kier alpha value is -3.75. The second-order valence-corrected chi connectivity index (χ2v) is 7.59. The number of nitrogens with zero attached hydrogens (tertiary/aromatic N) is 2. The van der Waals surface area contributed by atoms with Crippen molar-refractivity contribution in [1.82, 2.24) is 0 Å². The largest absolute Gasteiger partial charge is 0.457 e. The molecule has 0 spiro atoms. The molecule has 1 aliphatic heterocycles. The summed E-state index contributed by atoms with van der Waals surface area (Å²) in [6, 6.07) is 14.3. The molecule has 0 fully saturated rings. The minimum atomic E-state index is -0.835. The van der Waals surface area contributed by atoms with E-state index in [2.05, 4.69) is 0 Å². The highest BCUT2D eigenvalue weighted by Gasteiger charge is 2.41. The number of imide groups is 1. The number of hydrogen-bond donors (Lipinski definition) is 0. The lowest BCUT2D eigenvalue weighted by molar-refractivity contribution is -0.385. The van der Waals surface area contributed by atoms with Crippen molar-refractivity contribution in [2.45, 2.75) is 6.61 Å². The van der Waals surface area contributed by atoms with Crippen LogP contribution in [-0.4, -0.2) is 22.7 Å². The van der Waals surface area contributed by atoms with Gasteiger partial charge in [-0.25, -0.2) is 9.69 Å². The second-order valence-electron chi connectivity index (χ2n) is 6.78. The van der Waals surface area contributed by atoms with Crippen LogP contribution in [0.2, 0.25) is 10.0 Å². The van der Waals surface area contributed by atoms with Crippen molar-refractivity contribution in [3.8, 4) is 0 Å². The summed E-state index contributed by atoms with van der Waals surface area (Å²) in [6.07, 6.45) is 0. The monoisotopic (exact) mass is 470 g/mol. The number of fused-ring (bicyclic) bond motifs is 1. The van der Waals surface area contributed by atoms with Gasteiger partial charge in [-0.2, -0.15) is 0 Å². The molecule has 4 rings (SSSR count). The molecule has 0 aromatic heterocycles. The van der Waals surface area contributed by atoms with Crippen LogP contribution in [0.25, 0.3) is 0 Å². The summed E-state index contributed by atoms with van der Waals surface area (Å²) >= 11 is 11.8. The number of halogens is 2. The first-order valence-corrected chi connectivity index (χ1v) is 9.91. The Morgan fingerprint density at radius 2 is 1.72 bits per heavy atom. The fraction of sp³-hybridized carbons (Fsp3) is 0.0455. The van der Waals surface area contributed by atoms with Crippen LogP contribution in [-0.2, 0) is 11.3 Å². The van der Waals surface area contributed by atoms with E-state index in [0.717, 1.165) is 11.0 Å². The predicted octanol–water partition coefficient (Wildman–Crippen LogP) is 5.06. The van der Waals surface area contributed by atoms with E-state index in [-0.39, 0.29) is 29.0 Å². The molecule has 0 bridgehead atoms. The van der Waals surface area contributed by atoms with Crippen molar-refractivity contribution < 1.29 is 24.0 Å². The Labute approximate surface area is 191 Å². The predicted molar refractivity (Wildman–Crippen MR) is 116 cm³/mol. The maximum Gasteiger partial charge on any atom is 0.338 e. The van der Waals surface area contributed by atoms with Crippen LogP contribution < -0.4 is 4.90 Å². The van der Waals surface area contributed by atoms with Crippen LogP contribution in [0, 0.1) is 10.1 Å². The molecule has 1 aliphatic rings. The third-order valence-corrected chi connectivity index (χ3v) is 5.52. The van der Waals surface area contributed by atoms with Gasteiger partial charge >= 0.3 is 5.97 Å². The number of nitro benzene ring substituents is 1. The number of esters is 1. The van der Waals surface area contributed by atoms with Gasteiger partial charge in [-0.1, -0.05) is 41.4 Å². The molecule has 0 N–H and O–H groups in total. The summed E-state index contributed by atoms with van der Waals surface area (Å²) in [6.45, 7) is -0.0703. The maximum atomic E-state index is 12.8. The van der Waals surface area contributed by atoms with Crippen LogP contribution in [0.1, 0.15) is 36.6 Å². The van der Waals surface area contributed by atoms with Gasteiger partial charge in [0, 0.05) is 6.07 Å². The topological polar surface area (TPSA) is 107 Å². The van der Waals surface area contributed by atoms with Crippen LogP contribution in [0.4, 0.5) is 11.4 Å². The van der Waals surface area contributed by atoms with Gasteiger partial charge in [-0.3, -0.25) is 19.7 Å². The Morgan fingerprint density at radius 1 is 0.969 bits per heavy atom. The van der Waals surface area contributed by atoms with Gasteiger partial charge in [0.25, 0.3) is 17.5 Å². The first kappa shape index (κ1) is 21.5. The summed E-state index contributed by atoms with van der Waals surface area (Å²) in [5, 5.41) is 12.0. The number of anilines is 1. The molecule has 10 heteroatoms. The molecular weight excluding hydrogens is 459 g/mol. The lowest BCUT2D eigenvalue weighted by Crippen LogP contribution is -2.29. The van der Waals surface area contributed by atoms with E-state index < -0.39 is 28.4 Å². The summed E-state index contributed by atoms with van der Waals surface area (Å²) in [7, 11) is 0. The van der Waals surface area contributed by atoms with E-state index in [9.17, 15) is 24.5 Å². The lowest BCUT2D eigenvalue weighted by atomic mass is 10.1. The number of hydrogen-bond acceptors (Lipinski definition) is 6. The smallest absolute Gasteiger partial charge is 0.338 e. The molecule has 0 aliphatic carbocycles. The Morgan fingerprint density at radius 3 is 2.44 bits per heavy atom. The molecule has 2 amide bonds. The van der Waals surface area contributed by atoms with E-state index in [1.165, 1.54) is 36.4 Å². The van der Waals surface area contributed by atoms with Crippen molar-refractivity contribution in [2.24, 2.45) is 0 Å². The molecule has 8 nitrogen and oxygen atoms in total. The van der Waals surface area contributed by atoms with Crippen LogP contribution in [0.15, 0.2) is 60.7 Å². The molecule has 3 aromatic rings. The van der Waals surface area contributed by atoms with E-state index in [1.54, 1.807) is 18.2 Å². The maximum absolute atomic E-state index is 12.8. The van der Waals surface area contributed by atoms with Crippen molar-refractivity contribution in [2.75, 3.05) is 4.90 Å². The molecule has 0 radical (unpaired) electrons. The van der Waals surface area contributed by atoms with Gasteiger partial charge in [0.2, 0.25) is 0 Å². The van der Waals surface area contributed by atoms with Gasteiger partial charge in [0.1, 0.15) is 12.2 Å². The van der Waals surface area contributed by atoms with Gasteiger partial charge in [0.05, 0.1) is 31.8 Å². The number of nitro groups is 1. The van der Waals surface area contributed by atoms with Gasteiger partial charge in [0.15, 0.2) is 0 Å². The standard InChI is InChI=1S/C22H12Cl2N2O6/c23-16-8-7-12(9-17(16)24)11-32-22(29)13-3-1-4-14(10-13)25-20(27)15-5-2-6-18(26(30)31)19(15)21(25)28/h1-10H,11H2. The van der Waals surface area contributed by atoms with E-state index in [0.29, 0.717) is 15.6 Å². The summed E-state index contributed by atoms with van der Waals surface area (Å²) in [4.78, 5) is 49.5. The third-order valence-electron chi connectivity index (χ3n) is 4.78. The normalized spacial score (nSPS) is 12.6. The SMILES string of the molecule is O=C(OCc1ccc(Cl)c(Cl)c1)c1cccc(N2C(=O)c3cccc([N+](=O)[O-])c3C2=O)c1. The molecule has 0 saturated heterocycles. The van der Waals surface area contributed by atoms with Crippen LogP contribution in [0.3, 0.4) is 0 Å². The number of benzene rings is 3. The second kappa shape index (κ2) is 8.41. The average molecular weight is 471 g/mol. The Balaban J connectivity index is 1.58. The van der Waals surface area contributed by atoms with Gasteiger partial charge in [-0.15, -0.1) is 0 Å². The minimum absolute atomic E-state index is 0.0703. The van der Waals surface area contributed by atoms with Crippen molar-refractivity contribution >= 4 is 52.4 Å². The van der Waals surface area contributed by atoms with Crippen LogP contribution >= 0.6 is 23.2 Å². The molecule has 3 aromatic carbocycles. The number of ether oxygens (including phenoxy) is 1.